The third-order valence-electron chi connectivity index (χ3n) is 5.60. The van der Waals surface area contributed by atoms with Crippen LogP contribution >= 0.6 is 0 Å². The largest absolute Gasteiger partial charge is 0.486 e. The molecule has 0 unspecified atom stereocenters. The smallest absolute Gasteiger partial charge is 0.224 e. The Hall–Kier alpha value is -2.50. The zero-order valence-corrected chi connectivity index (χ0v) is 14.9. The van der Waals surface area contributed by atoms with E-state index in [2.05, 4.69) is 16.5 Å². The number of aryl methyl sites for hydroxylation is 1. The quantitative estimate of drug-likeness (QED) is 0.897. The standard InChI is InChI=1S/C20H23N3O3/c1-23-11-14(10-21-23)15-9-16(15)20(24)22-19(12-2-3-12)13-4-5-17-18(8-13)26-7-6-25-17/h4-5,8,10-12,15-16,19H,2-3,6-7,9H2,1H3,(H,22,24)/t15-,16+,19-/m0/s1. The molecule has 1 aliphatic heterocycles. The Morgan fingerprint density at radius 3 is 2.81 bits per heavy atom. The van der Waals surface area contributed by atoms with E-state index in [-0.39, 0.29) is 17.9 Å². The summed E-state index contributed by atoms with van der Waals surface area (Å²) in [5, 5.41) is 7.53. The molecule has 1 N–H and O–H groups in total. The van der Waals surface area contributed by atoms with Crippen molar-refractivity contribution in [3.63, 3.8) is 0 Å². The average Bonchev–Trinajstić information content (AvgIpc) is 3.58. The first kappa shape index (κ1) is 15.7. The molecule has 2 fully saturated rings. The van der Waals surface area contributed by atoms with Gasteiger partial charge in [-0.25, -0.2) is 0 Å². The SMILES string of the molecule is Cn1cc([C@@H]2C[C@H]2C(=O)N[C@H](c2ccc3c(c2)OCCO3)C2CC2)cn1. The van der Waals surface area contributed by atoms with Crippen molar-refractivity contribution in [3.05, 3.63) is 41.7 Å². The van der Waals surface area contributed by atoms with E-state index < -0.39 is 0 Å². The molecule has 6 heteroatoms. The Bertz CT molecular complexity index is 843. The predicted molar refractivity (Wildman–Crippen MR) is 95.1 cm³/mol. The van der Waals surface area contributed by atoms with Gasteiger partial charge in [-0.05, 0) is 54.4 Å². The summed E-state index contributed by atoms with van der Waals surface area (Å²) in [6.45, 7) is 1.17. The molecule has 0 radical (unpaired) electrons. The molecule has 1 amide bonds. The van der Waals surface area contributed by atoms with Gasteiger partial charge in [-0.2, -0.15) is 5.10 Å². The van der Waals surface area contributed by atoms with Gasteiger partial charge in [0.2, 0.25) is 5.91 Å². The second-order valence-electron chi connectivity index (χ2n) is 7.62. The number of aromatic nitrogens is 2. The Morgan fingerprint density at radius 2 is 2.08 bits per heavy atom. The molecule has 2 saturated carbocycles. The van der Waals surface area contributed by atoms with Crippen molar-refractivity contribution >= 4 is 5.91 Å². The molecule has 0 spiro atoms. The molecular formula is C20H23N3O3. The lowest BCUT2D eigenvalue weighted by atomic mass is 10.0. The predicted octanol–water partition coefficient (Wildman–Crippen LogP) is 2.56. The second-order valence-corrected chi connectivity index (χ2v) is 7.62. The minimum Gasteiger partial charge on any atom is -0.486 e. The second kappa shape index (κ2) is 6.04. The summed E-state index contributed by atoms with van der Waals surface area (Å²) < 4.78 is 13.1. The fraction of sp³-hybridized carbons (Fsp3) is 0.500. The van der Waals surface area contributed by atoms with Crippen molar-refractivity contribution in [2.45, 2.75) is 31.2 Å². The van der Waals surface area contributed by atoms with E-state index in [1.165, 1.54) is 0 Å². The van der Waals surface area contributed by atoms with Gasteiger partial charge in [0.25, 0.3) is 0 Å². The van der Waals surface area contributed by atoms with E-state index in [9.17, 15) is 4.79 Å². The first-order valence-corrected chi connectivity index (χ1v) is 9.37. The number of fused-ring (bicyclic) bond motifs is 1. The van der Waals surface area contributed by atoms with E-state index in [1.54, 1.807) is 4.68 Å². The van der Waals surface area contributed by atoms with Gasteiger partial charge in [-0.15, -0.1) is 0 Å². The van der Waals surface area contributed by atoms with Crippen molar-refractivity contribution < 1.29 is 14.3 Å². The van der Waals surface area contributed by atoms with Crippen molar-refractivity contribution in [1.29, 1.82) is 0 Å². The molecule has 136 valence electrons. The zero-order valence-electron chi connectivity index (χ0n) is 14.9. The highest BCUT2D eigenvalue weighted by molar-refractivity contribution is 5.83. The molecule has 3 atom stereocenters. The first-order valence-electron chi connectivity index (χ1n) is 9.37. The fourth-order valence-corrected chi connectivity index (χ4v) is 3.90. The molecule has 3 aliphatic rings. The highest BCUT2D eigenvalue weighted by Gasteiger charge is 2.46. The lowest BCUT2D eigenvalue weighted by Crippen LogP contribution is -2.31. The average molecular weight is 353 g/mol. The van der Waals surface area contributed by atoms with Crippen LogP contribution in [0, 0.1) is 11.8 Å². The number of nitrogens with zero attached hydrogens (tertiary/aromatic N) is 2. The molecule has 2 heterocycles. The van der Waals surface area contributed by atoms with E-state index in [4.69, 9.17) is 9.47 Å². The molecule has 1 aromatic heterocycles. The number of amides is 1. The molecule has 26 heavy (non-hydrogen) atoms. The van der Waals surface area contributed by atoms with Crippen LogP contribution in [0.15, 0.2) is 30.6 Å². The van der Waals surface area contributed by atoms with Crippen LogP contribution in [0.5, 0.6) is 11.5 Å². The summed E-state index contributed by atoms with van der Waals surface area (Å²) in [5.41, 5.74) is 2.28. The van der Waals surface area contributed by atoms with Gasteiger partial charge in [0.1, 0.15) is 13.2 Å². The normalized spacial score (nSPS) is 24.8. The van der Waals surface area contributed by atoms with Gasteiger partial charge in [0, 0.05) is 19.2 Å². The number of carbonyl (C=O) groups is 1. The van der Waals surface area contributed by atoms with Crippen LogP contribution in [0.3, 0.4) is 0 Å². The highest BCUT2D eigenvalue weighted by atomic mass is 16.6. The van der Waals surface area contributed by atoms with Crippen LogP contribution in [0.25, 0.3) is 0 Å². The molecule has 2 aliphatic carbocycles. The molecule has 0 bridgehead atoms. The minimum atomic E-state index is 0.0634. The van der Waals surface area contributed by atoms with Crippen LogP contribution in [0.4, 0.5) is 0 Å². The number of nitrogens with one attached hydrogen (secondary N) is 1. The van der Waals surface area contributed by atoms with Crippen LogP contribution < -0.4 is 14.8 Å². The molecular weight excluding hydrogens is 330 g/mol. The summed E-state index contributed by atoms with van der Waals surface area (Å²) in [6, 6.07) is 6.11. The molecule has 6 nitrogen and oxygen atoms in total. The molecule has 2 aromatic rings. The van der Waals surface area contributed by atoms with E-state index in [0.717, 1.165) is 41.9 Å². The highest BCUT2D eigenvalue weighted by Crippen LogP contribution is 2.49. The third kappa shape index (κ3) is 2.93. The summed E-state index contributed by atoms with van der Waals surface area (Å²) in [6.07, 6.45) is 7.12. The number of hydrogen-bond acceptors (Lipinski definition) is 4. The number of carbonyl (C=O) groups excluding carboxylic acids is 1. The first-order chi connectivity index (χ1) is 12.7. The maximum absolute atomic E-state index is 12.8. The summed E-state index contributed by atoms with van der Waals surface area (Å²) in [4.78, 5) is 12.8. The monoisotopic (exact) mass is 353 g/mol. The summed E-state index contributed by atoms with van der Waals surface area (Å²) in [7, 11) is 1.91. The Balaban J connectivity index is 1.30. The molecule has 5 rings (SSSR count). The van der Waals surface area contributed by atoms with Crippen molar-refractivity contribution in [2.24, 2.45) is 18.9 Å². The number of hydrogen-bond donors (Lipinski definition) is 1. The molecule has 0 saturated heterocycles. The Labute approximate surface area is 152 Å². The number of ether oxygens (including phenoxy) is 2. The maximum Gasteiger partial charge on any atom is 0.224 e. The Morgan fingerprint density at radius 1 is 1.27 bits per heavy atom. The van der Waals surface area contributed by atoms with Crippen molar-refractivity contribution in [3.8, 4) is 11.5 Å². The number of rotatable bonds is 5. The number of benzene rings is 1. The lowest BCUT2D eigenvalue weighted by Gasteiger charge is -2.23. The van der Waals surface area contributed by atoms with Crippen molar-refractivity contribution in [2.75, 3.05) is 13.2 Å². The van der Waals surface area contributed by atoms with Gasteiger partial charge < -0.3 is 14.8 Å². The van der Waals surface area contributed by atoms with Crippen molar-refractivity contribution in [1.82, 2.24) is 15.1 Å². The van der Waals surface area contributed by atoms with Gasteiger partial charge >= 0.3 is 0 Å². The third-order valence-corrected chi connectivity index (χ3v) is 5.60. The van der Waals surface area contributed by atoms with Crippen LogP contribution in [0.1, 0.15) is 42.3 Å². The van der Waals surface area contributed by atoms with Gasteiger partial charge in [-0.1, -0.05) is 6.07 Å². The summed E-state index contributed by atoms with van der Waals surface area (Å²) in [5.74, 6) is 2.64. The van der Waals surface area contributed by atoms with Gasteiger partial charge in [0.15, 0.2) is 11.5 Å². The van der Waals surface area contributed by atoms with E-state index in [0.29, 0.717) is 25.0 Å². The van der Waals surface area contributed by atoms with E-state index in [1.807, 2.05) is 31.6 Å². The minimum absolute atomic E-state index is 0.0634. The van der Waals surface area contributed by atoms with Gasteiger partial charge in [-0.3, -0.25) is 9.48 Å². The maximum atomic E-state index is 12.8. The lowest BCUT2D eigenvalue weighted by molar-refractivity contribution is -0.123. The van der Waals surface area contributed by atoms with Gasteiger partial charge in [0.05, 0.1) is 12.2 Å². The van der Waals surface area contributed by atoms with Crippen LogP contribution in [-0.2, 0) is 11.8 Å². The summed E-state index contributed by atoms with van der Waals surface area (Å²) >= 11 is 0. The van der Waals surface area contributed by atoms with Crippen LogP contribution in [-0.4, -0.2) is 28.9 Å². The zero-order chi connectivity index (χ0) is 17.7. The fourth-order valence-electron chi connectivity index (χ4n) is 3.90. The Kier molecular flexibility index (Phi) is 3.65. The topological polar surface area (TPSA) is 65.4 Å². The van der Waals surface area contributed by atoms with Crippen LogP contribution in [0.2, 0.25) is 0 Å². The van der Waals surface area contributed by atoms with E-state index >= 15 is 0 Å². The molecule has 1 aromatic carbocycles.